The molecule has 2 aromatic rings. The van der Waals surface area contributed by atoms with Crippen LogP contribution in [0.15, 0.2) is 41.3 Å². The molecule has 1 aromatic carbocycles. The van der Waals surface area contributed by atoms with E-state index in [0.29, 0.717) is 5.69 Å². The second-order valence-electron chi connectivity index (χ2n) is 3.53. The topological polar surface area (TPSA) is 59.3 Å². The summed E-state index contributed by atoms with van der Waals surface area (Å²) in [7, 11) is 0. The molecule has 1 heterocycles. The lowest BCUT2D eigenvalue weighted by molar-refractivity contribution is 0.0694. The van der Waals surface area contributed by atoms with Crippen molar-refractivity contribution in [2.45, 2.75) is 0 Å². The van der Waals surface area contributed by atoms with Crippen LogP contribution >= 0.6 is 11.6 Å². The number of nitrogens with zero attached hydrogens (tertiary/aromatic N) is 1. The van der Waals surface area contributed by atoms with Gasteiger partial charge in [-0.3, -0.25) is 9.36 Å². The number of pyridine rings is 1. The number of carboxylic acids is 1. The fourth-order valence-electron chi connectivity index (χ4n) is 1.50. The Hall–Kier alpha value is -2.14. The zero-order chi connectivity index (χ0) is 13.3. The number of carboxylic acid groups (broad SMARTS) is 1. The van der Waals surface area contributed by atoms with E-state index < -0.39 is 22.9 Å². The molecule has 6 heteroatoms. The van der Waals surface area contributed by atoms with Gasteiger partial charge in [0.15, 0.2) is 0 Å². The summed E-state index contributed by atoms with van der Waals surface area (Å²) in [5.74, 6) is -1.81. The first-order chi connectivity index (χ1) is 8.49. The first-order valence-electron chi connectivity index (χ1n) is 4.90. The van der Waals surface area contributed by atoms with Gasteiger partial charge in [-0.05, 0) is 30.3 Å². The Morgan fingerprint density at radius 2 is 1.89 bits per heavy atom. The van der Waals surface area contributed by atoms with Crippen molar-refractivity contribution in [2.75, 3.05) is 0 Å². The quantitative estimate of drug-likeness (QED) is 0.908. The fourth-order valence-corrected chi connectivity index (χ4v) is 1.70. The van der Waals surface area contributed by atoms with E-state index in [4.69, 9.17) is 16.7 Å². The van der Waals surface area contributed by atoms with Gasteiger partial charge in [0.2, 0.25) is 0 Å². The maximum Gasteiger partial charge on any atom is 0.341 e. The SMILES string of the molecule is O=C(O)c1cc(Cl)cn(-c2ccc(F)cc2)c1=O. The average molecular weight is 268 g/mol. The van der Waals surface area contributed by atoms with Gasteiger partial charge in [-0.1, -0.05) is 11.6 Å². The molecule has 0 bridgehead atoms. The Labute approximate surface area is 106 Å². The number of hydrogen-bond acceptors (Lipinski definition) is 2. The van der Waals surface area contributed by atoms with E-state index in [1.165, 1.54) is 30.5 Å². The van der Waals surface area contributed by atoms with Gasteiger partial charge in [0.25, 0.3) is 5.56 Å². The minimum Gasteiger partial charge on any atom is -0.477 e. The van der Waals surface area contributed by atoms with Gasteiger partial charge < -0.3 is 5.11 Å². The molecule has 0 saturated carbocycles. The molecule has 1 N–H and O–H groups in total. The molecule has 2 rings (SSSR count). The highest BCUT2D eigenvalue weighted by Gasteiger charge is 2.13. The molecule has 0 atom stereocenters. The van der Waals surface area contributed by atoms with E-state index in [0.717, 1.165) is 10.6 Å². The van der Waals surface area contributed by atoms with Crippen LogP contribution in [0.5, 0.6) is 0 Å². The number of aromatic nitrogens is 1. The van der Waals surface area contributed by atoms with Crippen molar-refractivity contribution in [3.05, 3.63) is 63.3 Å². The molecule has 0 fully saturated rings. The minimum atomic E-state index is -1.36. The summed E-state index contributed by atoms with van der Waals surface area (Å²) in [6, 6.07) is 6.13. The standard InChI is InChI=1S/C12H7ClFNO3/c13-7-5-10(12(17)18)11(16)15(6-7)9-3-1-8(14)2-4-9/h1-6H,(H,17,18). The van der Waals surface area contributed by atoms with Crippen LogP contribution in [0.25, 0.3) is 5.69 Å². The van der Waals surface area contributed by atoms with Crippen LogP contribution in [0.1, 0.15) is 10.4 Å². The molecule has 1 aromatic heterocycles. The predicted octanol–water partition coefficient (Wildman–Crippen LogP) is 2.33. The first-order valence-corrected chi connectivity index (χ1v) is 5.28. The highest BCUT2D eigenvalue weighted by Crippen LogP contribution is 2.12. The third kappa shape index (κ3) is 2.26. The summed E-state index contributed by atoms with van der Waals surface area (Å²) in [5.41, 5.74) is -0.822. The molecular weight excluding hydrogens is 261 g/mol. The number of halogens is 2. The summed E-state index contributed by atoms with van der Waals surface area (Å²) >= 11 is 5.75. The number of rotatable bonds is 2. The lowest BCUT2D eigenvalue weighted by Crippen LogP contribution is -2.24. The van der Waals surface area contributed by atoms with Gasteiger partial charge in [-0.25, -0.2) is 9.18 Å². The molecule has 18 heavy (non-hydrogen) atoms. The summed E-state index contributed by atoms with van der Waals surface area (Å²) < 4.78 is 13.8. The lowest BCUT2D eigenvalue weighted by Gasteiger charge is -2.07. The molecule has 0 amide bonds. The lowest BCUT2D eigenvalue weighted by atomic mass is 10.2. The van der Waals surface area contributed by atoms with Gasteiger partial charge >= 0.3 is 5.97 Å². The van der Waals surface area contributed by atoms with E-state index in [2.05, 4.69) is 0 Å². The van der Waals surface area contributed by atoms with Crippen molar-refractivity contribution in [1.82, 2.24) is 4.57 Å². The van der Waals surface area contributed by atoms with Crippen LogP contribution < -0.4 is 5.56 Å². The molecule has 0 unspecified atom stereocenters. The molecule has 0 spiro atoms. The zero-order valence-corrected chi connectivity index (χ0v) is 9.69. The van der Waals surface area contributed by atoms with Gasteiger partial charge in [0, 0.05) is 11.9 Å². The summed E-state index contributed by atoms with van der Waals surface area (Å²) in [5, 5.41) is 8.98. The van der Waals surface area contributed by atoms with Crippen LogP contribution in [0.2, 0.25) is 5.02 Å². The molecule has 0 aliphatic carbocycles. The third-order valence-electron chi connectivity index (χ3n) is 2.32. The number of aromatic carboxylic acids is 1. The molecular formula is C12H7ClFNO3. The fraction of sp³-hybridized carbons (Fsp3) is 0. The highest BCUT2D eigenvalue weighted by molar-refractivity contribution is 6.30. The third-order valence-corrected chi connectivity index (χ3v) is 2.53. The van der Waals surface area contributed by atoms with Gasteiger partial charge in [0.05, 0.1) is 5.02 Å². The zero-order valence-electron chi connectivity index (χ0n) is 8.93. The van der Waals surface area contributed by atoms with Crippen LogP contribution in [0.4, 0.5) is 4.39 Å². The smallest absolute Gasteiger partial charge is 0.341 e. The Morgan fingerprint density at radius 3 is 2.44 bits per heavy atom. The maximum atomic E-state index is 12.8. The maximum absolute atomic E-state index is 12.8. The molecule has 0 aliphatic heterocycles. The second kappa shape index (κ2) is 4.62. The minimum absolute atomic E-state index is 0.108. The van der Waals surface area contributed by atoms with E-state index >= 15 is 0 Å². The van der Waals surface area contributed by atoms with Crippen molar-refractivity contribution in [1.29, 1.82) is 0 Å². The van der Waals surface area contributed by atoms with Gasteiger partial charge in [-0.15, -0.1) is 0 Å². The Bertz CT molecular complexity index is 664. The Kier molecular flexibility index (Phi) is 3.16. The van der Waals surface area contributed by atoms with E-state index in [-0.39, 0.29) is 5.02 Å². The van der Waals surface area contributed by atoms with E-state index in [1.54, 1.807) is 0 Å². The van der Waals surface area contributed by atoms with Crippen molar-refractivity contribution in [3.8, 4) is 5.69 Å². The van der Waals surface area contributed by atoms with E-state index in [1.807, 2.05) is 0 Å². The summed E-state index contributed by atoms with van der Waals surface area (Å²) in [4.78, 5) is 22.8. The molecule has 0 saturated heterocycles. The molecule has 92 valence electrons. The number of carbonyl (C=O) groups is 1. The van der Waals surface area contributed by atoms with Crippen molar-refractivity contribution >= 4 is 17.6 Å². The largest absolute Gasteiger partial charge is 0.477 e. The van der Waals surface area contributed by atoms with Crippen LogP contribution in [-0.2, 0) is 0 Å². The van der Waals surface area contributed by atoms with Gasteiger partial charge in [-0.2, -0.15) is 0 Å². The number of hydrogen-bond donors (Lipinski definition) is 1. The molecule has 4 nitrogen and oxygen atoms in total. The van der Waals surface area contributed by atoms with E-state index in [9.17, 15) is 14.0 Å². The number of benzene rings is 1. The van der Waals surface area contributed by atoms with Crippen LogP contribution in [0, 0.1) is 5.82 Å². The highest BCUT2D eigenvalue weighted by atomic mass is 35.5. The normalized spacial score (nSPS) is 10.3. The van der Waals surface area contributed by atoms with Crippen molar-refractivity contribution in [2.24, 2.45) is 0 Å². The van der Waals surface area contributed by atoms with Crippen LogP contribution in [0.3, 0.4) is 0 Å². The Balaban J connectivity index is 2.68. The Morgan fingerprint density at radius 1 is 1.28 bits per heavy atom. The van der Waals surface area contributed by atoms with Crippen LogP contribution in [-0.4, -0.2) is 15.6 Å². The van der Waals surface area contributed by atoms with Crippen molar-refractivity contribution in [3.63, 3.8) is 0 Å². The second-order valence-corrected chi connectivity index (χ2v) is 3.97. The summed E-state index contributed by atoms with van der Waals surface area (Å²) in [6.45, 7) is 0. The van der Waals surface area contributed by atoms with Gasteiger partial charge in [0.1, 0.15) is 11.4 Å². The average Bonchev–Trinajstić information content (AvgIpc) is 2.32. The molecule has 0 radical (unpaired) electrons. The predicted molar refractivity (Wildman–Crippen MR) is 64.0 cm³/mol. The summed E-state index contributed by atoms with van der Waals surface area (Å²) in [6.07, 6.45) is 1.28. The monoisotopic (exact) mass is 267 g/mol. The van der Waals surface area contributed by atoms with Crippen molar-refractivity contribution < 1.29 is 14.3 Å². The molecule has 0 aliphatic rings. The first kappa shape index (κ1) is 12.3.